The first-order valence-electron chi connectivity index (χ1n) is 12.0. The molecule has 1 aliphatic rings. The monoisotopic (exact) mass is 513 g/mol. The first-order chi connectivity index (χ1) is 18.4. The number of ether oxygens (including phenoxy) is 2. The Hall–Kier alpha value is -4.79. The van der Waals surface area contributed by atoms with Gasteiger partial charge in [0.1, 0.15) is 28.5 Å². The topological polar surface area (TPSA) is 86.2 Å². The van der Waals surface area contributed by atoms with Crippen LogP contribution in [0, 0.1) is 18.6 Å². The highest BCUT2D eigenvalue weighted by molar-refractivity contribution is 6.00. The van der Waals surface area contributed by atoms with Crippen LogP contribution in [0.1, 0.15) is 27.2 Å². The van der Waals surface area contributed by atoms with Gasteiger partial charge in [-0.15, -0.1) is 0 Å². The number of Topliss-reactive ketones (excluding diaryl/α,β-unsaturated/α-hetero) is 1. The quantitative estimate of drug-likeness (QED) is 0.305. The van der Waals surface area contributed by atoms with E-state index in [1.807, 2.05) is 13.0 Å². The molecule has 3 aromatic heterocycles. The molecule has 0 saturated heterocycles. The molecule has 2 aromatic carbocycles. The van der Waals surface area contributed by atoms with E-state index >= 15 is 4.39 Å². The molecule has 0 fully saturated rings. The number of aryl methyl sites for hydroxylation is 1. The number of aromatic nitrogens is 3. The number of pyridine rings is 2. The van der Waals surface area contributed by atoms with Gasteiger partial charge in [0, 0.05) is 42.2 Å². The summed E-state index contributed by atoms with van der Waals surface area (Å²) in [4.78, 5) is 34.0. The van der Waals surface area contributed by atoms with Crippen LogP contribution in [0.4, 0.5) is 8.78 Å². The number of benzene rings is 2. The minimum absolute atomic E-state index is 0.00449. The van der Waals surface area contributed by atoms with Crippen LogP contribution < -0.4 is 15.0 Å². The first kappa shape index (κ1) is 23.6. The zero-order valence-electron chi connectivity index (χ0n) is 20.3. The lowest BCUT2D eigenvalue weighted by Gasteiger charge is -2.13. The standard InChI is InChI=1S/C29H21F2N3O4/c1-16-12-21-24(8-10-32-28(21)33-16)38-25-7-2-17(13-22(25)31)14-23(35)26-27-18(9-11-37-27)15-34(29(26)36)20-5-3-19(30)4-6-20/h2-8,10,12-13,15H,9,11,14H2,1H3,(H,32,33). The molecule has 1 N–H and O–H groups in total. The summed E-state index contributed by atoms with van der Waals surface area (Å²) >= 11 is 0. The van der Waals surface area contributed by atoms with Gasteiger partial charge in [-0.25, -0.2) is 13.8 Å². The van der Waals surface area contributed by atoms with E-state index in [-0.39, 0.29) is 23.5 Å². The van der Waals surface area contributed by atoms with Crippen LogP contribution in [0.25, 0.3) is 16.7 Å². The van der Waals surface area contributed by atoms with Gasteiger partial charge < -0.3 is 14.5 Å². The van der Waals surface area contributed by atoms with Crippen LogP contribution in [0.5, 0.6) is 17.2 Å². The predicted molar refractivity (Wildman–Crippen MR) is 137 cm³/mol. The zero-order chi connectivity index (χ0) is 26.4. The van der Waals surface area contributed by atoms with Gasteiger partial charge in [-0.05, 0) is 61.0 Å². The molecule has 4 heterocycles. The number of hydrogen-bond acceptors (Lipinski definition) is 5. The Labute approximate surface area is 215 Å². The lowest BCUT2D eigenvalue weighted by molar-refractivity contribution is 0.0988. The van der Waals surface area contributed by atoms with Crippen molar-refractivity contribution in [3.63, 3.8) is 0 Å². The minimum Gasteiger partial charge on any atom is -0.492 e. The van der Waals surface area contributed by atoms with Gasteiger partial charge in [-0.3, -0.25) is 14.2 Å². The Morgan fingerprint density at radius 2 is 1.92 bits per heavy atom. The normalized spacial score (nSPS) is 12.4. The van der Waals surface area contributed by atoms with E-state index in [0.29, 0.717) is 41.2 Å². The fourth-order valence-electron chi connectivity index (χ4n) is 4.65. The summed E-state index contributed by atoms with van der Waals surface area (Å²) in [5.41, 5.74) is 2.35. The van der Waals surface area contributed by atoms with E-state index in [2.05, 4.69) is 9.97 Å². The highest BCUT2D eigenvalue weighted by atomic mass is 19.1. The molecule has 38 heavy (non-hydrogen) atoms. The van der Waals surface area contributed by atoms with Gasteiger partial charge in [0.05, 0.1) is 12.0 Å². The molecular formula is C29H21F2N3O4. The SMILES string of the molecule is Cc1cc2c(Oc3ccc(CC(=O)c4c5c(cn(-c6ccc(F)cc6)c4=O)CCO5)cc3F)ccnc2[nH]1. The second-order valence-corrected chi connectivity index (χ2v) is 9.10. The number of carbonyl (C=O) groups is 1. The maximum absolute atomic E-state index is 15.0. The van der Waals surface area contributed by atoms with Crippen molar-refractivity contribution in [2.45, 2.75) is 19.8 Å². The summed E-state index contributed by atoms with van der Waals surface area (Å²) < 4.78 is 41.2. The van der Waals surface area contributed by atoms with Crippen molar-refractivity contribution in [1.82, 2.24) is 14.5 Å². The molecule has 9 heteroatoms. The Morgan fingerprint density at radius 3 is 2.71 bits per heavy atom. The van der Waals surface area contributed by atoms with Gasteiger partial charge in [0.25, 0.3) is 5.56 Å². The van der Waals surface area contributed by atoms with E-state index in [1.165, 1.54) is 41.0 Å². The lowest BCUT2D eigenvalue weighted by atomic mass is 10.0. The molecule has 0 spiro atoms. The molecule has 0 radical (unpaired) electrons. The number of nitrogens with one attached hydrogen (secondary N) is 1. The average Bonchev–Trinajstić information content (AvgIpc) is 3.51. The fourth-order valence-corrected chi connectivity index (χ4v) is 4.65. The molecule has 0 bridgehead atoms. The minimum atomic E-state index is -0.647. The van der Waals surface area contributed by atoms with Gasteiger partial charge in [0.2, 0.25) is 0 Å². The maximum atomic E-state index is 15.0. The molecule has 0 atom stereocenters. The van der Waals surface area contributed by atoms with Crippen molar-refractivity contribution in [3.8, 4) is 22.9 Å². The third kappa shape index (κ3) is 4.21. The van der Waals surface area contributed by atoms with Crippen LogP contribution in [0.3, 0.4) is 0 Å². The highest BCUT2D eigenvalue weighted by Crippen LogP contribution is 2.32. The average molecular weight is 514 g/mol. The Balaban J connectivity index is 1.30. The predicted octanol–water partition coefficient (Wildman–Crippen LogP) is 5.45. The number of fused-ring (bicyclic) bond motifs is 2. The van der Waals surface area contributed by atoms with Gasteiger partial charge in [-0.2, -0.15) is 0 Å². The van der Waals surface area contributed by atoms with Crippen molar-refractivity contribution in [2.75, 3.05) is 6.61 Å². The van der Waals surface area contributed by atoms with Crippen LogP contribution in [-0.2, 0) is 12.8 Å². The lowest BCUT2D eigenvalue weighted by Crippen LogP contribution is -2.27. The molecule has 0 saturated carbocycles. The van der Waals surface area contributed by atoms with Crippen LogP contribution in [0.15, 0.2) is 71.8 Å². The smallest absolute Gasteiger partial charge is 0.269 e. The molecule has 0 aliphatic carbocycles. The molecule has 190 valence electrons. The molecule has 0 amide bonds. The van der Waals surface area contributed by atoms with Gasteiger partial charge >= 0.3 is 0 Å². The fraction of sp³-hybridized carbons (Fsp3) is 0.138. The second kappa shape index (κ2) is 9.26. The summed E-state index contributed by atoms with van der Waals surface area (Å²) in [6.45, 7) is 2.23. The van der Waals surface area contributed by atoms with Crippen LogP contribution in [0.2, 0.25) is 0 Å². The highest BCUT2D eigenvalue weighted by Gasteiger charge is 2.27. The van der Waals surface area contributed by atoms with E-state index in [0.717, 1.165) is 11.1 Å². The van der Waals surface area contributed by atoms with Crippen molar-refractivity contribution in [2.24, 2.45) is 0 Å². The molecule has 5 aromatic rings. The summed E-state index contributed by atoms with van der Waals surface area (Å²) in [6, 6.07) is 13.2. The van der Waals surface area contributed by atoms with Gasteiger partial charge in [-0.1, -0.05) is 6.07 Å². The number of nitrogens with zero attached hydrogens (tertiary/aromatic N) is 2. The molecule has 6 rings (SSSR count). The van der Waals surface area contributed by atoms with Gasteiger partial charge in [0.15, 0.2) is 17.3 Å². The first-order valence-corrected chi connectivity index (χ1v) is 12.0. The van der Waals surface area contributed by atoms with Crippen molar-refractivity contribution < 1.29 is 23.0 Å². The van der Waals surface area contributed by atoms with E-state index in [9.17, 15) is 14.0 Å². The number of ketones is 1. The van der Waals surface area contributed by atoms with Crippen molar-refractivity contribution in [1.29, 1.82) is 0 Å². The number of hydrogen-bond donors (Lipinski definition) is 1. The number of rotatable bonds is 6. The summed E-state index contributed by atoms with van der Waals surface area (Å²) in [6.07, 6.45) is 3.49. The summed E-state index contributed by atoms with van der Waals surface area (Å²) in [5.74, 6) is -0.895. The number of aromatic amines is 1. The summed E-state index contributed by atoms with van der Waals surface area (Å²) in [5, 5.41) is 0.721. The van der Waals surface area contributed by atoms with Crippen LogP contribution >= 0.6 is 0 Å². The molecular weight excluding hydrogens is 492 g/mol. The van der Waals surface area contributed by atoms with E-state index < -0.39 is 23.0 Å². The Kier molecular flexibility index (Phi) is 5.75. The summed E-state index contributed by atoms with van der Waals surface area (Å²) in [7, 11) is 0. The molecule has 0 unspecified atom stereocenters. The Bertz CT molecular complexity index is 1770. The Morgan fingerprint density at radius 1 is 1.11 bits per heavy atom. The maximum Gasteiger partial charge on any atom is 0.269 e. The zero-order valence-corrected chi connectivity index (χ0v) is 20.3. The third-order valence-electron chi connectivity index (χ3n) is 6.45. The number of H-pyrrole nitrogens is 1. The third-order valence-corrected chi connectivity index (χ3v) is 6.45. The van der Waals surface area contributed by atoms with Crippen molar-refractivity contribution in [3.05, 3.63) is 111 Å². The number of carbonyl (C=O) groups excluding carboxylic acids is 1. The van der Waals surface area contributed by atoms with E-state index in [1.54, 1.807) is 24.5 Å². The second-order valence-electron chi connectivity index (χ2n) is 9.10. The van der Waals surface area contributed by atoms with E-state index in [4.69, 9.17) is 9.47 Å². The molecule has 7 nitrogen and oxygen atoms in total. The van der Waals surface area contributed by atoms with Crippen molar-refractivity contribution >= 4 is 16.8 Å². The number of halogens is 2. The molecule has 1 aliphatic heterocycles. The van der Waals surface area contributed by atoms with Crippen LogP contribution in [-0.4, -0.2) is 26.9 Å². The largest absolute Gasteiger partial charge is 0.492 e.